The van der Waals surface area contributed by atoms with Crippen LogP contribution in [0.3, 0.4) is 0 Å². The number of nitro benzene ring substituents is 1. The maximum atomic E-state index is 11.7. The Balaban J connectivity index is 2.69. The number of carbonyl (C=O) groups excluding carboxylic acids is 2. The van der Waals surface area contributed by atoms with E-state index in [4.69, 9.17) is 4.74 Å². The van der Waals surface area contributed by atoms with Crippen LogP contribution in [0.4, 0.5) is 10.5 Å². The Morgan fingerprint density at radius 3 is 2.58 bits per heavy atom. The predicted molar refractivity (Wildman–Crippen MR) is 88.9 cm³/mol. The van der Waals surface area contributed by atoms with E-state index in [2.05, 4.69) is 17.2 Å². The van der Waals surface area contributed by atoms with Crippen molar-refractivity contribution in [1.29, 1.82) is 0 Å². The van der Waals surface area contributed by atoms with Crippen molar-refractivity contribution in [2.24, 2.45) is 0 Å². The highest BCUT2D eigenvalue weighted by Gasteiger charge is 2.17. The second kappa shape index (κ2) is 8.09. The minimum absolute atomic E-state index is 0.0757. The Bertz CT molecular complexity index is 650. The van der Waals surface area contributed by atoms with E-state index in [1.807, 2.05) is 0 Å². The van der Waals surface area contributed by atoms with Gasteiger partial charge in [0.05, 0.1) is 4.92 Å². The third-order valence-electron chi connectivity index (χ3n) is 2.72. The van der Waals surface area contributed by atoms with E-state index in [-0.39, 0.29) is 12.3 Å². The molecule has 1 aromatic rings. The summed E-state index contributed by atoms with van der Waals surface area (Å²) in [6, 6.07) is 3.44. The summed E-state index contributed by atoms with van der Waals surface area (Å²) in [4.78, 5) is 33.6. The van der Waals surface area contributed by atoms with Crippen molar-refractivity contribution in [2.75, 3.05) is 6.61 Å². The summed E-state index contributed by atoms with van der Waals surface area (Å²) in [7, 11) is 0. The minimum atomic E-state index is -0.625. The Morgan fingerprint density at radius 1 is 1.38 bits per heavy atom. The Hall–Kier alpha value is -2.90. The van der Waals surface area contributed by atoms with Crippen LogP contribution in [-0.2, 0) is 11.2 Å². The second-order valence-electron chi connectivity index (χ2n) is 6.08. The third-order valence-corrected chi connectivity index (χ3v) is 2.72. The minimum Gasteiger partial charge on any atom is -0.483 e. The molecule has 8 heteroatoms. The molecule has 0 aliphatic carbocycles. The van der Waals surface area contributed by atoms with Gasteiger partial charge in [-0.05, 0) is 33.3 Å². The average molecular weight is 335 g/mol. The number of imide groups is 1. The first-order chi connectivity index (χ1) is 11.1. The standard InChI is InChI=1S/C16H21N3O5/c1-5-6-11-9-12(19(22)23)7-8-13(11)24-10-14(20)17-15(21)18-16(2,3)4/h5,7-9H,1,6,10H2,2-4H3,(H2,17,18,20,21). The fourth-order valence-corrected chi connectivity index (χ4v) is 1.81. The first kappa shape index (κ1) is 19.1. The number of hydrogen-bond donors (Lipinski definition) is 2. The summed E-state index contributed by atoms with van der Waals surface area (Å²) < 4.78 is 5.35. The first-order valence-electron chi connectivity index (χ1n) is 7.25. The smallest absolute Gasteiger partial charge is 0.321 e. The lowest BCUT2D eigenvalue weighted by molar-refractivity contribution is -0.384. The summed E-state index contributed by atoms with van der Waals surface area (Å²) in [5.41, 5.74) is -0.0138. The van der Waals surface area contributed by atoms with Crippen molar-refractivity contribution in [2.45, 2.75) is 32.7 Å². The number of nitro groups is 1. The normalized spacial score (nSPS) is 10.6. The van der Waals surface area contributed by atoms with Crippen LogP contribution in [0.2, 0.25) is 0 Å². The molecule has 0 aliphatic heterocycles. The maximum absolute atomic E-state index is 11.7. The number of ether oxygens (including phenoxy) is 1. The van der Waals surface area contributed by atoms with Crippen LogP contribution in [0.25, 0.3) is 0 Å². The van der Waals surface area contributed by atoms with E-state index in [9.17, 15) is 19.7 Å². The molecule has 1 aromatic carbocycles. The van der Waals surface area contributed by atoms with Crippen LogP contribution in [-0.4, -0.2) is 29.0 Å². The summed E-state index contributed by atoms with van der Waals surface area (Å²) in [6.45, 7) is 8.54. The van der Waals surface area contributed by atoms with Crippen molar-refractivity contribution < 1.29 is 19.2 Å². The van der Waals surface area contributed by atoms with Gasteiger partial charge in [-0.25, -0.2) is 4.79 Å². The summed E-state index contributed by atoms with van der Waals surface area (Å²) in [5.74, 6) is -0.300. The van der Waals surface area contributed by atoms with Crippen LogP contribution >= 0.6 is 0 Å². The Morgan fingerprint density at radius 2 is 2.04 bits per heavy atom. The fourth-order valence-electron chi connectivity index (χ4n) is 1.81. The molecular formula is C16H21N3O5. The molecular weight excluding hydrogens is 314 g/mol. The molecule has 130 valence electrons. The average Bonchev–Trinajstić information content (AvgIpc) is 2.43. The van der Waals surface area contributed by atoms with E-state index < -0.39 is 22.4 Å². The molecule has 0 spiro atoms. The molecule has 8 nitrogen and oxygen atoms in total. The molecule has 3 amide bonds. The molecule has 0 aliphatic rings. The van der Waals surface area contributed by atoms with E-state index in [0.29, 0.717) is 17.7 Å². The summed E-state index contributed by atoms with van der Waals surface area (Å²) in [6.07, 6.45) is 1.92. The van der Waals surface area contributed by atoms with Crippen molar-refractivity contribution in [3.8, 4) is 5.75 Å². The Labute approximate surface area is 140 Å². The van der Waals surface area contributed by atoms with Crippen molar-refractivity contribution in [1.82, 2.24) is 10.6 Å². The zero-order valence-electron chi connectivity index (χ0n) is 13.9. The number of urea groups is 1. The lowest BCUT2D eigenvalue weighted by atomic mass is 10.1. The van der Waals surface area contributed by atoms with Gasteiger partial charge in [-0.15, -0.1) is 6.58 Å². The van der Waals surface area contributed by atoms with Gasteiger partial charge in [0.15, 0.2) is 6.61 Å². The van der Waals surface area contributed by atoms with Crippen LogP contribution < -0.4 is 15.4 Å². The topological polar surface area (TPSA) is 111 Å². The molecule has 0 atom stereocenters. The molecule has 0 saturated carbocycles. The van der Waals surface area contributed by atoms with Crippen LogP contribution in [0.5, 0.6) is 5.75 Å². The number of hydrogen-bond acceptors (Lipinski definition) is 5. The number of benzene rings is 1. The molecule has 24 heavy (non-hydrogen) atoms. The quantitative estimate of drug-likeness (QED) is 0.471. The third kappa shape index (κ3) is 6.47. The van der Waals surface area contributed by atoms with Gasteiger partial charge >= 0.3 is 6.03 Å². The number of amides is 3. The molecule has 0 saturated heterocycles. The highest BCUT2D eigenvalue weighted by atomic mass is 16.6. The lowest BCUT2D eigenvalue weighted by Gasteiger charge is -2.20. The summed E-state index contributed by atoms with van der Waals surface area (Å²) >= 11 is 0. The van der Waals surface area contributed by atoms with Gasteiger partial charge in [0, 0.05) is 23.2 Å². The molecule has 0 aromatic heterocycles. The lowest BCUT2D eigenvalue weighted by Crippen LogP contribution is -2.49. The first-order valence-corrected chi connectivity index (χ1v) is 7.25. The van der Waals surface area contributed by atoms with E-state index >= 15 is 0 Å². The van der Waals surface area contributed by atoms with E-state index in [1.54, 1.807) is 26.8 Å². The van der Waals surface area contributed by atoms with E-state index in [0.717, 1.165) is 0 Å². The zero-order valence-corrected chi connectivity index (χ0v) is 13.9. The molecule has 2 N–H and O–H groups in total. The number of nitrogens with one attached hydrogen (secondary N) is 2. The molecule has 0 radical (unpaired) electrons. The molecule has 0 bridgehead atoms. The summed E-state index contributed by atoms with van der Waals surface area (Å²) in [5, 5.41) is 15.5. The SMILES string of the molecule is C=CCc1cc([N+](=O)[O-])ccc1OCC(=O)NC(=O)NC(C)(C)C. The fraction of sp³-hybridized carbons (Fsp3) is 0.375. The monoisotopic (exact) mass is 335 g/mol. The van der Waals surface area contributed by atoms with Crippen LogP contribution in [0, 0.1) is 10.1 Å². The molecule has 1 rings (SSSR count). The van der Waals surface area contributed by atoms with Gasteiger partial charge in [0.1, 0.15) is 5.75 Å². The van der Waals surface area contributed by atoms with Gasteiger partial charge in [0.2, 0.25) is 0 Å². The molecule has 0 heterocycles. The number of carbonyl (C=O) groups is 2. The predicted octanol–water partition coefficient (Wildman–Crippen LogP) is 2.33. The van der Waals surface area contributed by atoms with E-state index in [1.165, 1.54) is 18.2 Å². The number of nitrogens with zero attached hydrogens (tertiary/aromatic N) is 1. The Kier molecular flexibility index (Phi) is 6.46. The van der Waals surface area contributed by atoms with Gasteiger partial charge in [-0.3, -0.25) is 20.2 Å². The zero-order chi connectivity index (χ0) is 18.3. The highest BCUT2D eigenvalue weighted by Crippen LogP contribution is 2.24. The highest BCUT2D eigenvalue weighted by molar-refractivity contribution is 5.95. The van der Waals surface area contributed by atoms with Crippen LogP contribution in [0.1, 0.15) is 26.3 Å². The number of rotatable bonds is 6. The second-order valence-corrected chi connectivity index (χ2v) is 6.08. The van der Waals surface area contributed by atoms with Gasteiger partial charge in [0.25, 0.3) is 11.6 Å². The van der Waals surface area contributed by atoms with Gasteiger partial charge in [-0.1, -0.05) is 6.08 Å². The van der Waals surface area contributed by atoms with Crippen molar-refractivity contribution >= 4 is 17.6 Å². The van der Waals surface area contributed by atoms with Gasteiger partial charge in [-0.2, -0.15) is 0 Å². The van der Waals surface area contributed by atoms with Crippen molar-refractivity contribution in [3.63, 3.8) is 0 Å². The number of non-ortho nitro benzene ring substituents is 1. The van der Waals surface area contributed by atoms with Crippen LogP contribution in [0.15, 0.2) is 30.9 Å². The van der Waals surface area contributed by atoms with Gasteiger partial charge < -0.3 is 10.1 Å². The van der Waals surface area contributed by atoms with Crippen molar-refractivity contribution in [3.05, 3.63) is 46.5 Å². The maximum Gasteiger partial charge on any atom is 0.321 e. The number of allylic oxidation sites excluding steroid dienone is 1. The molecule has 0 unspecified atom stereocenters. The largest absolute Gasteiger partial charge is 0.483 e. The molecule has 0 fully saturated rings.